The number of rotatable bonds is 2. The Labute approximate surface area is 133 Å². The van der Waals surface area contributed by atoms with Crippen LogP contribution in [-0.2, 0) is 20.0 Å². The number of aromatic nitrogens is 2. The molecule has 0 fully saturated rings. The van der Waals surface area contributed by atoms with E-state index in [4.69, 9.17) is 4.74 Å². The number of amides is 2. The van der Waals surface area contributed by atoms with Crippen LogP contribution in [0.5, 0.6) is 5.88 Å². The van der Waals surface area contributed by atoms with Gasteiger partial charge in [-0.25, -0.2) is 9.18 Å². The molecule has 2 amide bonds. The molecule has 3 rings (SSSR count). The molecular formula is C16H19FN4O2. The number of hydrogen-bond donors (Lipinski definition) is 1. The number of halogens is 1. The topological polar surface area (TPSA) is 59.4 Å². The van der Waals surface area contributed by atoms with E-state index in [1.54, 1.807) is 34.9 Å². The van der Waals surface area contributed by atoms with Crippen molar-refractivity contribution in [3.8, 4) is 5.88 Å². The molecule has 0 unspecified atom stereocenters. The average Bonchev–Trinajstić information content (AvgIpc) is 2.73. The number of methoxy groups -OCH3 is 1. The molecule has 0 spiro atoms. The summed E-state index contributed by atoms with van der Waals surface area (Å²) in [6, 6.07) is 5.82. The van der Waals surface area contributed by atoms with Crippen LogP contribution in [0.15, 0.2) is 24.3 Å². The van der Waals surface area contributed by atoms with Crippen LogP contribution in [0.2, 0.25) is 0 Å². The normalized spacial score (nSPS) is 14.1. The van der Waals surface area contributed by atoms with E-state index in [1.165, 1.54) is 6.07 Å². The van der Waals surface area contributed by atoms with Gasteiger partial charge in [0.05, 0.1) is 25.0 Å². The summed E-state index contributed by atoms with van der Waals surface area (Å²) in [6.07, 6.45) is 1.61. The molecule has 0 atom stereocenters. The van der Waals surface area contributed by atoms with Crippen molar-refractivity contribution in [2.75, 3.05) is 19.0 Å². The van der Waals surface area contributed by atoms with Gasteiger partial charge in [-0.2, -0.15) is 0 Å². The Bertz CT molecular complexity index is 729. The van der Waals surface area contributed by atoms with Crippen molar-refractivity contribution >= 4 is 11.7 Å². The van der Waals surface area contributed by atoms with Gasteiger partial charge in [0.15, 0.2) is 0 Å². The number of carbonyl (C=O) groups is 1. The maximum Gasteiger partial charge on any atom is 0.322 e. The first-order valence-electron chi connectivity index (χ1n) is 7.49. The molecule has 1 aromatic heterocycles. The summed E-state index contributed by atoms with van der Waals surface area (Å²) < 4.78 is 20.7. The van der Waals surface area contributed by atoms with E-state index in [2.05, 4.69) is 10.4 Å². The van der Waals surface area contributed by atoms with Gasteiger partial charge in [-0.1, -0.05) is 12.1 Å². The van der Waals surface area contributed by atoms with E-state index in [0.29, 0.717) is 19.0 Å². The van der Waals surface area contributed by atoms with E-state index in [-0.39, 0.29) is 11.7 Å². The molecule has 2 aromatic rings. The van der Waals surface area contributed by atoms with Crippen molar-refractivity contribution < 1.29 is 13.9 Å². The molecule has 0 saturated heterocycles. The number of aryl methyl sites for hydroxylation is 1. The Kier molecular flexibility index (Phi) is 4.18. The third-order valence-electron chi connectivity index (χ3n) is 4.03. The van der Waals surface area contributed by atoms with Gasteiger partial charge in [0.1, 0.15) is 5.82 Å². The fraction of sp³-hybridized carbons (Fsp3) is 0.375. The van der Waals surface area contributed by atoms with Gasteiger partial charge in [-0.05, 0) is 25.0 Å². The van der Waals surface area contributed by atoms with Crippen LogP contribution in [0.1, 0.15) is 17.7 Å². The number of fused-ring (bicyclic) bond motifs is 1. The maximum atomic E-state index is 13.7. The highest BCUT2D eigenvalue weighted by atomic mass is 19.1. The number of ether oxygens (including phenoxy) is 1. The third-order valence-corrected chi connectivity index (χ3v) is 4.03. The number of para-hydroxylation sites is 1. The van der Waals surface area contributed by atoms with Gasteiger partial charge >= 0.3 is 6.03 Å². The summed E-state index contributed by atoms with van der Waals surface area (Å²) in [4.78, 5) is 14.1. The molecule has 1 aliphatic rings. The molecule has 0 aliphatic carbocycles. The Morgan fingerprint density at radius 2 is 2.17 bits per heavy atom. The molecule has 2 heterocycles. The van der Waals surface area contributed by atoms with Crippen molar-refractivity contribution in [2.24, 2.45) is 7.05 Å². The van der Waals surface area contributed by atoms with Crippen molar-refractivity contribution in [1.29, 1.82) is 0 Å². The minimum Gasteiger partial charge on any atom is -0.480 e. The monoisotopic (exact) mass is 318 g/mol. The predicted octanol–water partition coefficient (Wildman–Crippen LogP) is 2.55. The first kappa shape index (κ1) is 15.3. The van der Waals surface area contributed by atoms with Gasteiger partial charge in [-0.15, -0.1) is 5.10 Å². The molecule has 0 saturated carbocycles. The van der Waals surface area contributed by atoms with Crippen molar-refractivity contribution in [1.82, 2.24) is 14.7 Å². The molecule has 23 heavy (non-hydrogen) atoms. The Morgan fingerprint density at radius 1 is 1.39 bits per heavy atom. The molecule has 0 radical (unpaired) electrons. The summed E-state index contributed by atoms with van der Waals surface area (Å²) >= 11 is 0. The van der Waals surface area contributed by atoms with Crippen LogP contribution in [0, 0.1) is 5.82 Å². The number of benzene rings is 1. The van der Waals surface area contributed by atoms with Crippen LogP contribution in [-0.4, -0.2) is 34.4 Å². The summed E-state index contributed by atoms with van der Waals surface area (Å²) in [6.45, 7) is 1.01. The van der Waals surface area contributed by atoms with Gasteiger partial charge in [0, 0.05) is 19.2 Å². The minimum absolute atomic E-state index is 0.185. The van der Waals surface area contributed by atoms with E-state index < -0.39 is 5.82 Å². The highest BCUT2D eigenvalue weighted by molar-refractivity contribution is 5.89. The lowest BCUT2D eigenvalue weighted by molar-refractivity contribution is 0.208. The molecule has 1 N–H and O–H groups in total. The predicted molar refractivity (Wildman–Crippen MR) is 83.9 cm³/mol. The first-order chi connectivity index (χ1) is 11.1. The Hall–Kier alpha value is -2.57. The number of carbonyl (C=O) groups excluding carboxylic acids is 1. The van der Waals surface area contributed by atoms with E-state index in [0.717, 1.165) is 24.1 Å². The van der Waals surface area contributed by atoms with Gasteiger partial charge < -0.3 is 15.0 Å². The van der Waals surface area contributed by atoms with Crippen LogP contribution < -0.4 is 10.1 Å². The largest absolute Gasteiger partial charge is 0.480 e. The van der Waals surface area contributed by atoms with Crippen molar-refractivity contribution in [3.05, 3.63) is 41.3 Å². The minimum atomic E-state index is -0.446. The summed E-state index contributed by atoms with van der Waals surface area (Å²) in [5.74, 6) is 0.164. The third kappa shape index (κ3) is 2.99. The molecule has 0 bridgehead atoms. The van der Waals surface area contributed by atoms with Crippen LogP contribution >= 0.6 is 0 Å². The summed E-state index contributed by atoms with van der Waals surface area (Å²) in [7, 11) is 3.43. The number of urea groups is 1. The molecule has 1 aliphatic heterocycles. The van der Waals surface area contributed by atoms with Crippen LogP contribution in [0.25, 0.3) is 0 Å². The SMILES string of the molecule is COc1nn(C)c2c1CCCN(C(=O)Nc1ccccc1F)C2. The zero-order valence-electron chi connectivity index (χ0n) is 13.2. The summed E-state index contributed by atoms with van der Waals surface area (Å²) in [5.41, 5.74) is 2.17. The fourth-order valence-electron chi connectivity index (χ4n) is 2.83. The number of nitrogens with one attached hydrogen (secondary N) is 1. The Balaban J connectivity index is 1.79. The zero-order valence-corrected chi connectivity index (χ0v) is 13.2. The van der Waals surface area contributed by atoms with Gasteiger partial charge in [0.2, 0.25) is 5.88 Å². The van der Waals surface area contributed by atoms with Crippen molar-refractivity contribution in [2.45, 2.75) is 19.4 Å². The lowest BCUT2D eigenvalue weighted by atomic mass is 10.1. The second-order valence-corrected chi connectivity index (χ2v) is 5.49. The summed E-state index contributed by atoms with van der Waals surface area (Å²) in [5, 5.41) is 6.95. The number of nitrogens with zero attached hydrogens (tertiary/aromatic N) is 3. The zero-order chi connectivity index (χ0) is 16.4. The Morgan fingerprint density at radius 3 is 2.91 bits per heavy atom. The second-order valence-electron chi connectivity index (χ2n) is 5.49. The van der Waals surface area contributed by atoms with E-state index in [1.807, 2.05) is 7.05 Å². The maximum absolute atomic E-state index is 13.7. The second kappa shape index (κ2) is 6.28. The lowest BCUT2D eigenvalue weighted by Crippen LogP contribution is -2.35. The van der Waals surface area contributed by atoms with E-state index in [9.17, 15) is 9.18 Å². The highest BCUT2D eigenvalue weighted by Gasteiger charge is 2.25. The van der Waals surface area contributed by atoms with Gasteiger partial charge in [-0.3, -0.25) is 4.68 Å². The fourth-order valence-corrected chi connectivity index (χ4v) is 2.83. The van der Waals surface area contributed by atoms with Gasteiger partial charge in [0.25, 0.3) is 0 Å². The molecular weight excluding hydrogens is 299 g/mol. The number of anilines is 1. The van der Waals surface area contributed by atoms with Crippen molar-refractivity contribution in [3.63, 3.8) is 0 Å². The molecule has 6 nitrogen and oxygen atoms in total. The van der Waals surface area contributed by atoms with Crippen LogP contribution in [0.4, 0.5) is 14.9 Å². The number of hydrogen-bond acceptors (Lipinski definition) is 3. The smallest absolute Gasteiger partial charge is 0.322 e. The highest BCUT2D eigenvalue weighted by Crippen LogP contribution is 2.27. The van der Waals surface area contributed by atoms with Crippen LogP contribution in [0.3, 0.4) is 0 Å². The lowest BCUT2D eigenvalue weighted by Gasteiger charge is -2.21. The molecule has 1 aromatic carbocycles. The van der Waals surface area contributed by atoms with E-state index >= 15 is 0 Å². The standard InChI is InChI=1S/C16H19FN4O2/c1-20-14-10-21(9-5-6-11(14)15(19-20)23-2)16(22)18-13-8-4-3-7-12(13)17/h3-4,7-8H,5-6,9-10H2,1-2H3,(H,18,22). The first-order valence-corrected chi connectivity index (χ1v) is 7.49. The average molecular weight is 318 g/mol. The molecule has 7 heteroatoms. The quantitative estimate of drug-likeness (QED) is 0.926. The molecule has 122 valence electrons.